The third-order valence-corrected chi connectivity index (χ3v) is 3.84. The van der Waals surface area contributed by atoms with Crippen molar-refractivity contribution in [2.75, 3.05) is 0 Å². The molecule has 0 amide bonds. The maximum absolute atomic E-state index is 11.8. The highest BCUT2D eigenvalue weighted by atomic mass is 32.1. The molecule has 3 heteroatoms. The fourth-order valence-corrected chi connectivity index (χ4v) is 2.72. The van der Waals surface area contributed by atoms with Gasteiger partial charge < -0.3 is 5.32 Å². The second-order valence-corrected chi connectivity index (χ2v) is 5.07. The van der Waals surface area contributed by atoms with Crippen molar-refractivity contribution >= 4 is 17.1 Å². The minimum absolute atomic E-state index is 0.291. The SMILES string of the molecule is CCC1=C(NCc2cccs2)C(=O)CCC1. The summed E-state index contributed by atoms with van der Waals surface area (Å²) in [5, 5.41) is 5.38. The highest BCUT2D eigenvalue weighted by Gasteiger charge is 2.18. The number of hydrogen-bond donors (Lipinski definition) is 1. The lowest BCUT2D eigenvalue weighted by molar-refractivity contribution is -0.116. The van der Waals surface area contributed by atoms with Crippen LogP contribution in [0.15, 0.2) is 28.8 Å². The van der Waals surface area contributed by atoms with E-state index in [1.165, 1.54) is 10.5 Å². The van der Waals surface area contributed by atoms with E-state index >= 15 is 0 Å². The van der Waals surface area contributed by atoms with Crippen LogP contribution in [-0.4, -0.2) is 5.78 Å². The van der Waals surface area contributed by atoms with Crippen molar-refractivity contribution in [2.24, 2.45) is 0 Å². The third-order valence-electron chi connectivity index (χ3n) is 2.96. The van der Waals surface area contributed by atoms with Crippen LogP contribution >= 0.6 is 11.3 Å². The molecule has 0 bridgehead atoms. The van der Waals surface area contributed by atoms with E-state index in [0.29, 0.717) is 12.2 Å². The van der Waals surface area contributed by atoms with Crippen LogP contribution in [0.25, 0.3) is 0 Å². The first kappa shape index (κ1) is 11.4. The monoisotopic (exact) mass is 235 g/mol. The van der Waals surface area contributed by atoms with Gasteiger partial charge in [-0.1, -0.05) is 13.0 Å². The van der Waals surface area contributed by atoms with Crippen molar-refractivity contribution in [2.45, 2.75) is 39.2 Å². The van der Waals surface area contributed by atoms with Gasteiger partial charge in [0.2, 0.25) is 0 Å². The summed E-state index contributed by atoms with van der Waals surface area (Å²) in [6, 6.07) is 4.14. The normalized spacial score (nSPS) is 16.7. The van der Waals surface area contributed by atoms with Crippen molar-refractivity contribution in [3.63, 3.8) is 0 Å². The molecule has 0 atom stereocenters. The largest absolute Gasteiger partial charge is 0.377 e. The smallest absolute Gasteiger partial charge is 0.178 e. The van der Waals surface area contributed by atoms with E-state index in [4.69, 9.17) is 0 Å². The van der Waals surface area contributed by atoms with Crippen LogP contribution in [0.5, 0.6) is 0 Å². The second-order valence-electron chi connectivity index (χ2n) is 4.04. The lowest BCUT2D eigenvalue weighted by atomic mass is 9.93. The number of thiophene rings is 1. The molecule has 1 N–H and O–H groups in total. The van der Waals surface area contributed by atoms with Gasteiger partial charge in [0.1, 0.15) is 0 Å². The Kier molecular flexibility index (Phi) is 3.78. The molecule has 0 aliphatic heterocycles. The molecule has 0 aromatic carbocycles. The molecule has 0 unspecified atom stereocenters. The molecule has 1 heterocycles. The van der Waals surface area contributed by atoms with Gasteiger partial charge in [-0.3, -0.25) is 4.79 Å². The Labute approximate surface area is 100 Å². The van der Waals surface area contributed by atoms with Crippen molar-refractivity contribution < 1.29 is 4.79 Å². The Hall–Kier alpha value is -1.09. The first-order valence-corrected chi connectivity index (χ1v) is 6.70. The van der Waals surface area contributed by atoms with Crippen LogP contribution in [0.3, 0.4) is 0 Å². The molecule has 16 heavy (non-hydrogen) atoms. The molecule has 0 fully saturated rings. The molecule has 2 nitrogen and oxygen atoms in total. The molecule has 2 rings (SSSR count). The van der Waals surface area contributed by atoms with Crippen molar-refractivity contribution in [3.05, 3.63) is 33.7 Å². The molecule has 0 saturated heterocycles. The minimum atomic E-state index is 0.291. The fourth-order valence-electron chi connectivity index (χ4n) is 2.08. The zero-order chi connectivity index (χ0) is 11.4. The van der Waals surface area contributed by atoms with E-state index < -0.39 is 0 Å². The summed E-state index contributed by atoms with van der Waals surface area (Å²) in [7, 11) is 0. The molecule has 86 valence electrons. The minimum Gasteiger partial charge on any atom is -0.377 e. The lowest BCUT2D eigenvalue weighted by Crippen LogP contribution is -2.24. The summed E-state index contributed by atoms with van der Waals surface area (Å²) in [6.07, 6.45) is 3.79. The fraction of sp³-hybridized carbons (Fsp3) is 0.462. The molecule has 1 aliphatic carbocycles. The van der Waals surface area contributed by atoms with Crippen LogP contribution in [0, 0.1) is 0 Å². The number of Topliss-reactive ketones (excluding diaryl/α,β-unsaturated/α-hetero) is 1. The van der Waals surface area contributed by atoms with Gasteiger partial charge in [0.15, 0.2) is 5.78 Å². The van der Waals surface area contributed by atoms with Gasteiger partial charge >= 0.3 is 0 Å². The summed E-state index contributed by atoms with van der Waals surface area (Å²) in [5.74, 6) is 0.291. The van der Waals surface area contributed by atoms with Gasteiger partial charge in [0.25, 0.3) is 0 Å². The number of carbonyl (C=O) groups is 1. The van der Waals surface area contributed by atoms with E-state index in [9.17, 15) is 4.79 Å². The number of hydrogen-bond acceptors (Lipinski definition) is 3. The van der Waals surface area contributed by atoms with Crippen LogP contribution in [-0.2, 0) is 11.3 Å². The van der Waals surface area contributed by atoms with E-state index in [0.717, 1.165) is 31.5 Å². The summed E-state index contributed by atoms with van der Waals surface area (Å²) in [6.45, 7) is 2.91. The number of carbonyl (C=O) groups excluding carboxylic acids is 1. The van der Waals surface area contributed by atoms with Crippen LogP contribution in [0.2, 0.25) is 0 Å². The summed E-state index contributed by atoms with van der Waals surface area (Å²) in [4.78, 5) is 13.1. The lowest BCUT2D eigenvalue weighted by Gasteiger charge is -2.19. The second kappa shape index (κ2) is 5.30. The van der Waals surface area contributed by atoms with Crippen molar-refractivity contribution in [1.29, 1.82) is 0 Å². The quantitative estimate of drug-likeness (QED) is 0.868. The van der Waals surface area contributed by atoms with E-state index in [1.54, 1.807) is 11.3 Å². The zero-order valence-corrected chi connectivity index (χ0v) is 10.4. The molecule has 1 aliphatic rings. The summed E-state index contributed by atoms with van der Waals surface area (Å²) >= 11 is 1.73. The van der Waals surface area contributed by atoms with E-state index in [-0.39, 0.29) is 0 Å². The van der Waals surface area contributed by atoms with Gasteiger partial charge in [-0.25, -0.2) is 0 Å². The van der Waals surface area contributed by atoms with Crippen molar-refractivity contribution in [3.8, 4) is 0 Å². The molecule has 0 radical (unpaired) electrons. The topological polar surface area (TPSA) is 29.1 Å². The van der Waals surface area contributed by atoms with Gasteiger partial charge in [-0.05, 0) is 36.3 Å². The highest BCUT2D eigenvalue weighted by Crippen LogP contribution is 2.23. The molecular formula is C13H17NOS. The predicted octanol–water partition coefficient (Wildman–Crippen LogP) is 3.25. The molecular weight excluding hydrogens is 218 g/mol. The molecule has 1 aromatic heterocycles. The maximum Gasteiger partial charge on any atom is 0.178 e. The van der Waals surface area contributed by atoms with Gasteiger partial charge in [0, 0.05) is 17.8 Å². The summed E-state index contributed by atoms with van der Waals surface area (Å²) in [5.41, 5.74) is 2.19. The first-order valence-electron chi connectivity index (χ1n) is 5.82. The Balaban J connectivity index is 2.05. The Bertz CT molecular complexity index is 392. The van der Waals surface area contributed by atoms with Gasteiger partial charge in [-0.15, -0.1) is 11.3 Å². The number of ketones is 1. The van der Waals surface area contributed by atoms with E-state index in [1.807, 2.05) is 6.07 Å². The van der Waals surface area contributed by atoms with Crippen LogP contribution in [0.4, 0.5) is 0 Å². The Morgan fingerprint density at radius 1 is 1.44 bits per heavy atom. The highest BCUT2D eigenvalue weighted by molar-refractivity contribution is 7.09. The third kappa shape index (κ3) is 2.53. The first-order chi connectivity index (χ1) is 7.81. The molecule has 1 aromatic rings. The van der Waals surface area contributed by atoms with Gasteiger partial charge in [0.05, 0.1) is 5.70 Å². The average Bonchev–Trinajstić information content (AvgIpc) is 2.80. The number of nitrogens with one attached hydrogen (secondary N) is 1. The van der Waals surface area contributed by atoms with E-state index in [2.05, 4.69) is 23.7 Å². The molecule has 0 spiro atoms. The predicted molar refractivity (Wildman–Crippen MR) is 67.3 cm³/mol. The molecule has 0 saturated carbocycles. The Morgan fingerprint density at radius 3 is 3.00 bits per heavy atom. The zero-order valence-electron chi connectivity index (χ0n) is 9.58. The van der Waals surface area contributed by atoms with Gasteiger partial charge in [-0.2, -0.15) is 0 Å². The summed E-state index contributed by atoms with van der Waals surface area (Å²) < 4.78 is 0. The van der Waals surface area contributed by atoms with Crippen molar-refractivity contribution in [1.82, 2.24) is 5.32 Å². The number of allylic oxidation sites excluding steroid dienone is 2. The Morgan fingerprint density at radius 2 is 2.31 bits per heavy atom. The standard InChI is InChI=1S/C13H17NOS/c1-2-10-5-3-7-12(15)13(10)14-9-11-6-4-8-16-11/h4,6,8,14H,2-3,5,7,9H2,1H3. The van der Waals surface area contributed by atoms with Crippen LogP contribution < -0.4 is 5.32 Å². The maximum atomic E-state index is 11.8. The van der Waals surface area contributed by atoms with Crippen LogP contribution in [0.1, 0.15) is 37.5 Å². The number of rotatable bonds is 4. The average molecular weight is 235 g/mol.